The van der Waals surface area contributed by atoms with Crippen LogP contribution in [0.25, 0.3) is 11.0 Å². The predicted molar refractivity (Wildman–Crippen MR) is 118 cm³/mol. The number of aryl methyl sites for hydroxylation is 1. The minimum atomic E-state index is -0.605. The topological polar surface area (TPSA) is 109 Å². The number of hydrogen-bond acceptors (Lipinski definition) is 6. The van der Waals surface area contributed by atoms with Crippen LogP contribution < -0.4 is 11.1 Å². The SMILES string of the molecule is Cn1nnc2cc(CNCC3CCCN3C(=O)C(N)CCC(=O)N3CCCC3)ccc21. The lowest BCUT2D eigenvalue weighted by Crippen LogP contribution is -2.49. The first-order valence-electron chi connectivity index (χ1n) is 11.4. The van der Waals surface area contributed by atoms with Crippen LogP contribution in [0.5, 0.6) is 0 Å². The number of nitrogens with zero attached hydrogens (tertiary/aromatic N) is 5. The number of hydrogen-bond donors (Lipinski definition) is 2. The molecule has 0 radical (unpaired) electrons. The van der Waals surface area contributed by atoms with Crippen LogP contribution in [0.3, 0.4) is 0 Å². The highest BCUT2D eigenvalue weighted by molar-refractivity contribution is 5.83. The summed E-state index contributed by atoms with van der Waals surface area (Å²) in [6.07, 6.45) is 4.89. The lowest BCUT2D eigenvalue weighted by atomic mass is 10.1. The van der Waals surface area contributed by atoms with Crippen molar-refractivity contribution in [2.24, 2.45) is 12.8 Å². The largest absolute Gasteiger partial charge is 0.343 e. The zero-order chi connectivity index (χ0) is 21.8. The van der Waals surface area contributed by atoms with E-state index in [1.165, 1.54) is 0 Å². The van der Waals surface area contributed by atoms with Gasteiger partial charge in [0.2, 0.25) is 11.8 Å². The van der Waals surface area contributed by atoms with Crippen LogP contribution in [-0.4, -0.2) is 74.9 Å². The van der Waals surface area contributed by atoms with Crippen LogP contribution in [0.15, 0.2) is 18.2 Å². The number of fused-ring (bicyclic) bond motifs is 1. The summed E-state index contributed by atoms with van der Waals surface area (Å²) in [5.41, 5.74) is 9.21. The minimum absolute atomic E-state index is 0.0282. The van der Waals surface area contributed by atoms with Crippen molar-refractivity contribution in [3.8, 4) is 0 Å². The molecule has 9 nitrogen and oxygen atoms in total. The highest BCUT2D eigenvalue weighted by atomic mass is 16.2. The summed E-state index contributed by atoms with van der Waals surface area (Å²) in [5.74, 6) is 0.0972. The Morgan fingerprint density at radius 1 is 1.23 bits per heavy atom. The summed E-state index contributed by atoms with van der Waals surface area (Å²) in [6.45, 7) is 3.85. The standard InChI is InChI=1S/C22H33N7O2/c1-27-20-8-6-16(13-19(20)25-26-27)14-24-15-17-5-4-12-29(17)22(31)18(23)7-9-21(30)28-10-2-3-11-28/h6,8,13,17-18,24H,2-5,7,9-12,14-15,23H2,1H3. The summed E-state index contributed by atoms with van der Waals surface area (Å²) in [5, 5.41) is 11.7. The number of amides is 2. The van der Waals surface area contributed by atoms with E-state index in [4.69, 9.17) is 5.73 Å². The maximum Gasteiger partial charge on any atom is 0.239 e. The Hall–Kier alpha value is -2.52. The average Bonchev–Trinajstić information content (AvgIpc) is 3.53. The third-order valence-electron chi connectivity index (χ3n) is 6.49. The summed E-state index contributed by atoms with van der Waals surface area (Å²) in [7, 11) is 1.88. The third kappa shape index (κ3) is 5.04. The number of nitrogens with two attached hydrogens (primary N) is 1. The van der Waals surface area contributed by atoms with Crippen molar-refractivity contribution >= 4 is 22.8 Å². The summed E-state index contributed by atoms with van der Waals surface area (Å²) in [6, 6.07) is 5.68. The first kappa shape index (κ1) is 21.7. The predicted octanol–water partition coefficient (Wildman–Crippen LogP) is 0.779. The van der Waals surface area contributed by atoms with Gasteiger partial charge in [-0.1, -0.05) is 11.3 Å². The number of aromatic nitrogens is 3. The summed E-state index contributed by atoms with van der Waals surface area (Å²) >= 11 is 0. The lowest BCUT2D eigenvalue weighted by molar-refractivity contribution is -0.134. The van der Waals surface area contributed by atoms with Crippen molar-refractivity contribution in [1.82, 2.24) is 30.1 Å². The van der Waals surface area contributed by atoms with E-state index in [2.05, 4.69) is 21.7 Å². The molecule has 2 aliphatic rings. The van der Waals surface area contributed by atoms with Crippen LogP contribution in [0, 0.1) is 0 Å². The maximum absolute atomic E-state index is 12.9. The van der Waals surface area contributed by atoms with Gasteiger partial charge in [0.25, 0.3) is 0 Å². The van der Waals surface area contributed by atoms with E-state index in [1.807, 2.05) is 29.0 Å². The number of likely N-dealkylation sites (tertiary alicyclic amines) is 2. The van der Waals surface area contributed by atoms with Crippen molar-refractivity contribution in [3.05, 3.63) is 23.8 Å². The molecule has 3 heterocycles. The molecule has 2 saturated heterocycles. The highest BCUT2D eigenvalue weighted by Crippen LogP contribution is 2.19. The van der Waals surface area contributed by atoms with Gasteiger partial charge in [-0.15, -0.1) is 5.10 Å². The molecule has 2 unspecified atom stereocenters. The van der Waals surface area contributed by atoms with Crippen LogP contribution >= 0.6 is 0 Å². The van der Waals surface area contributed by atoms with E-state index < -0.39 is 6.04 Å². The third-order valence-corrected chi connectivity index (χ3v) is 6.49. The Labute approximate surface area is 182 Å². The monoisotopic (exact) mass is 427 g/mol. The van der Waals surface area contributed by atoms with Crippen molar-refractivity contribution in [2.45, 2.75) is 57.2 Å². The van der Waals surface area contributed by atoms with Gasteiger partial charge in [0.15, 0.2) is 0 Å². The Morgan fingerprint density at radius 2 is 2.03 bits per heavy atom. The minimum Gasteiger partial charge on any atom is -0.343 e. The molecule has 0 bridgehead atoms. The molecule has 2 fully saturated rings. The molecule has 168 valence electrons. The molecule has 0 aliphatic carbocycles. The fourth-order valence-corrected chi connectivity index (χ4v) is 4.66. The first-order chi connectivity index (χ1) is 15.0. The number of rotatable bonds is 8. The molecule has 1 aromatic heterocycles. The van der Waals surface area contributed by atoms with Gasteiger partial charge in [-0.25, -0.2) is 4.68 Å². The van der Waals surface area contributed by atoms with E-state index in [9.17, 15) is 9.59 Å². The second kappa shape index (κ2) is 9.74. The second-order valence-corrected chi connectivity index (χ2v) is 8.73. The van der Waals surface area contributed by atoms with E-state index >= 15 is 0 Å². The Morgan fingerprint density at radius 3 is 2.84 bits per heavy atom. The molecule has 3 N–H and O–H groups in total. The molecule has 0 saturated carbocycles. The summed E-state index contributed by atoms with van der Waals surface area (Å²) < 4.78 is 1.76. The fourth-order valence-electron chi connectivity index (χ4n) is 4.66. The second-order valence-electron chi connectivity index (χ2n) is 8.73. The molecule has 2 atom stereocenters. The average molecular weight is 428 g/mol. The van der Waals surface area contributed by atoms with Gasteiger partial charge in [0, 0.05) is 52.2 Å². The van der Waals surface area contributed by atoms with Crippen molar-refractivity contribution in [3.63, 3.8) is 0 Å². The number of benzene rings is 1. The van der Waals surface area contributed by atoms with Gasteiger partial charge in [-0.05, 0) is 49.8 Å². The van der Waals surface area contributed by atoms with Crippen LogP contribution in [-0.2, 0) is 23.2 Å². The van der Waals surface area contributed by atoms with Gasteiger partial charge in [-0.2, -0.15) is 0 Å². The van der Waals surface area contributed by atoms with Crippen LogP contribution in [0.2, 0.25) is 0 Å². The van der Waals surface area contributed by atoms with Crippen molar-refractivity contribution < 1.29 is 9.59 Å². The van der Waals surface area contributed by atoms with Crippen molar-refractivity contribution in [2.75, 3.05) is 26.2 Å². The zero-order valence-electron chi connectivity index (χ0n) is 18.3. The molecule has 2 aromatic rings. The molecular weight excluding hydrogens is 394 g/mol. The van der Waals surface area contributed by atoms with Crippen LogP contribution in [0.1, 0.15) is 44.1 Å². The van der Waals surface area contributed by atoms with E-state index in [1.54, 1.807) is 4.68 Å². The van der Waals surface area contributed by atoms with Gasteiger partial charge < -0.3 is 20.9 Å². The maximum atomic E-state index is 12.9. The first-order valence-corrected chi connectivity index (χ1v) is 11.4. The van der Waals surface area contributed by atoms with E-state index in [0.29, 0.717) is 19.4 Å². The van der Waals surface area contributed by atoms with Crippen LogP contribution in [0.4, 0.5) is 0 Å². The number of carbonyl (C=O) groups is 2. The molecule has 1 aromatic carbocycles. The van der Waals surface area contributed by atoms with Gasteiger partial charge in [0.05, 0.1) is 11.6 Å². The number of nitrogens with one attached hydrogen (secondary N) is 1. The van der Waals surface area contributed by atoms with Gasteiger partial charge in [0.1, 0.15) is 5.52 Å². The normalized spacial score (nSPS) is 20.0. The van der Waals surface area contributed by atoms with Gasteiger partial charge >= 0.3 is 0 Å². The molecule has 4 rings (SSSR count). The smallest absolute Gasteiger partial charge is 0.239 e. The molecule has 9 heteroatoms. The molecule has 0 spiro atoms. The molecule has 2 aliphatic heterocycles. The molecule has 2 amide bonds. The Kier molecular flexibility index (Phi) is 6.82. The van der Waals surface area contributed by atoms with Gasteiger partial charge in [-0.3, -0.25) is 9.59 Å². The Balaban J connectivity index is 1.24. The number of carbonyl (C=O) groups excluding carboxylic acids is 2. The lowest BCUT2D eigenvalue weighted by Gasteiger charge is -2.28. The molecule has 31 heavy (non-hydrogen) atoms. The zero-order valence-corrected chi connectivity index (χ0v) is 18.3. The van der Waals surface area contributed by atoms with Crippen molar-refractivity contribution in [1.29, 1.82) is 0 Å². The van der Waals surface area contributed by atoms with E-state index in [-0.39, 0.29) is 17.9 Å². The Bertz CT molecular complexity index is 922. The quantitative estimate of drug-likeness (QED) is 0.644. The molecular formula is C22H33N7O2. The fraction of sp³-hybridized carbons (Fsp3) is 0.636. The van der Waals surface area contributed by atoms with E-state index in [0.717, 1.165) is 68.5 Å². The summed E-state index contributed by atoms with van der Waals surface area (Å²) in [4.78, 5) is 28.9. The highest BCUT2D eigenvalue weighted by Gasteiger charge is 2.31.